The molecule has 1 fully saturated rings. The van der Waals surface area contributed by atoms with Gasteiger partial charge in [-0.3, -0.25) is 0 Å². The molecule has 0 spiro atoms. The molecule has 1 aliphatic heterocycles. The topological polar surface area (TPSA) is 24.5 Å². The van der Waals surface area contributed by atoms with Crippen LogP contribution in [0.4, 0.5) is 0 Å². The first-order chi connectivity index (χ1) is 8.79. The van der Waals surface area contributed by atoms with Crippen LogP contribution in [0.25, 0.3) is 6.08 Å². The van der Waals surface area contributed by atoms with Crippen LogP contribution >= 0.6 is 0 Å². The maximum Gasteiger partial charge on any atom is 0.119 e. The predicted octanol–water partition coefficient (Wildman–Crippen LogP) is 2.35. The van der Waals surface area contributed by atoms with E-state index in [1.807, 2.05) is 19.1 Å². The van der Waals surface area contributed by atoms with Crippen LogP contribution in [0.3, 0.4) is 0 Å². The van der Waals surface area contributed by atoms with Crippen LogP contribution in [0.1, 0.15) is 19.4 Å². The fraction of sp³-hybridized carbons (Fsp3) is 0.467. The summed E-state index contributed by atoms with van der Waals surface area (Å²) < 4.78 is 5.52. The summed E-state index contributed by atoms with van der Waals surface area (Å²) in [6.45, 7) is 9.23. The quantitative estimate of drug-likeness (QED) is 0.882. The largest absolute Gasteiger partial charge is 0.494 e. The molecule has 1 saturated heterocycles. The fourth-order valence-electron chi connectivity index (χ4n) is 2.21. The molecule has 1 aromatic carbocycles. The second-order valence-electron chi connectivity index (χ2n) is 4.53. The highest BCUT2D eigenvalue weighted by Gasteiger charge is 2.09. The highest BCUT2D eigenvalue weighted by molar-refractivity contribution is 5.54. The lowest BCUT2D eigenvalue weighted by Gasteiger charge is -2.30. The molecule has 0 radical (unpaired) electrons. The molecular weight excluding hydrogens is 224 g/mol. The van der Waals surface area contributed by atoms with E-state index in [2.05, 4.69) is 35.3 Å². The van der Waals surface area contributed by atoms with Crippen LogP contribution in [0.15, 0.2) is 30.0 Å². The average Bonchev–Trinajstić information content (AvgIpc) is 2.40. The number of allylic oxidation sites excluding steroid dienone is 1. The van der Waals surface area contributed by atoms with E-state index >= 15 is 0 Å². The number of hydrogen-bond acceptors (Lipinski definition) is 3. The van der Waals surface area contributed by atoms with Crippen LogP contribution in [-0.4, -0.2) is 37.7 Å². The average molecular weight is 246 g/mol. The smallest absolute Gasteiger partial charge is 0.119 e. The molecule has 0 amide bonds. The number of hydrogen-bond donors (Lipinski definition) is 1. The Labute approximate surface area is 109 Å². The summed E-state index contributed by atoms with van der Waals surface area (Å²) in [5.41, 5.74) is 2.53. The Kier molecular flexibility index (Phi) is 4.65. The molecule has 98 valence electrons. The molecule has 1 N–H and O–H groups in total. The number of benzene rings is 1. The molecule has 0 aliphatic carbocycles. The van der Waals surface area contributed by atoms with E-state index in [4.69, 9.17) is 4.74 Å². The van der Waals surface area contributed by atoms with Gasteiger partial charge in [0.15, 0.2) is 0 Å². The van der Waals surface area contributed by atoms with Crippen molar-refractivity contribution in [2.24, 2.45) is 0 Å². The van der Waals surface area contributed by atoms with Crippen molar-refractivity contribution >= 4 is 6.08 Å². The minimum Gasteiger partial charge on any atom is -0.494 e. The normalized spacial score (nSPS) is 16.8. The molecule has 1 aliphatic rings. The molecule has 0 saturated carbocycles. The summed E-state index contributed by atoms with van der Waals surface area (Å²) >= 11 is 0. The van der Waals surface area contributed by atoms with Gasteiger partial charge in [0.05, 0.1) is 6.61 Å². The van der Waals surface area contributed by atoms with Crippen molar-refractivity contribution in [3.63, 3.8) is 0 Å². The van der Waals surface area contributed by atoms with Gasteiger partial charge >= 0.3 is 0 Å². The van der Waals surface area contributed by atoms with Crippen molar-refractivity contribution in [3.8, 4) is 5.75 Å². The lowest BCUT2D eigenvalue weighted by Crippen LogP contribution is -2.42. The number of ether oxygens (including phenoxy) is 1. The monoisotopic (exact) mass is 246 g/mol. The number of piperazine rings is 1. The van der Waals surface area contributed by atoms with Gasteiger partial charge in [-0.2, -0.15) is 0 Å². The van der Waals surface area contributed by atoms with Crippen LogP contribution in [0.5, 0.6) is 5.75 Å². The zero-order valence-corrected chi connectivity index (χ0v) is 11.3. The molecule has 2 rings (SSSR count). The van der Waals surface area contributed by atoms with Crippen LogP contribution in [0.2, 0.25) is 0 Å². The van der Waals surface area contributed by atoms with Gasteiger partial charge < -0.3 is 15.0 Å². The third kappa shape index (κ3) is 3.50. The third-order valence-corrected chi connectivity index (χ3v) is 3.16. The molecule has 18 heavy (non-hydrogen) atoms. The standard InChI is InChI=1S/C15H22N2O/c1-3-18-15-6-4-5-14(12-15)11-13(2)17-9-7-16-8-10-17/h4-6,11-12,16H,3,7-10H2,1-2H3. The van der Waals surface area contributed by atoms with E-state index in [0.717, 1.165) is 31.9 Å². The Bertz CT molecular complexity index is 409. The molecule has 1 heterocycles. The molecule has 1 aromatic rings. The zero-order chi connectivity index (χ0) is 12.8. The van der Waals surface area contributed by atoms with Gasteiger partial charge in [-0.15, -0.1) is 0 Å². The van der Waals surface area contributed by atoms with Gasteiger partial charge in [0, 0.05) is 31.9 Å². The van der Waals surface area contributed by atoms with Crippen molar-refractivity contribution in [3.05, 3.63) is 35.5 Å². The summed E-state index contributed by atoms with van der Waals surface area (Å²) in [6, 6.07) is 8.26. The van der Waals surface area contributed by atoms with Crippen LogP contribution < -0.4 is 10.1 Å². The SMILES string of the molecule is CCOc1cccc(C=C(C)N2CCNCC2)c1. The minimum absolute atomic E-state index is 0.712. The van der Waals surface area contributed by atoms with E-state index in [0.29, 0.717) is 6.61 Å². The maximum atomic E-state index is 5.52. The van der Waals surface area contributed by atoms with Crippen LogP contribution in [-0.2, 0) is 0 Å². The third-order valence-electron chi connectivity index (χ3n) is 3.16. The molecule has 3 nitrogen and oxygen atoms in total. The maximum absolute atomic E-state index is 5.52. The van der Waals surface area contributed by atoms with Crippen molar-refractivity contribution in [2.75, 3.05) is 32.8 Å². The number of nitrogens with zero attached hydrogens (tertiary/aromatic N) is 1. The molecule has 0 unspecified atom stereocenters. The van der Waals surface area contributed by atoms with E-state index < -0.39 is 0 Å². The van der Waals surface area contributed by atoms with Gasteiger partial charge in [-0.05, 0) is 37.6 Å². The second-order valence-corrected chi connectivity index (χ2v) is 4.53. The highest BCUT2D eigenvalue weighted by Crippen LogP contribution is 2.17. The zero-order valence-electron chi connectivity index (χ0n) is 11.3. The Morgan fingerprint density at radius 3 is 2.89 bits per heavy atom. The summed E-state index contributed by atoms with van der Waals surface area (Å²) in [5.74, 6) is 0.944. The summed E-state index contributed by atoms with van der Waals surface area (Å²) in [6.07, 6.45) is 2.23. The summed E-state index contributed by atoms with van der Waals surface area (Å²) in [7, 11) is 0. The number of nitrogens with one attached hydrogen (secondary N) is 1. The predicted molar refractivity (Wildman–Crippen MR) is 75.7 cm³/mol. The Hall–Kier alpha value is -1.48. The van der Waals surface area contributed by atoms with E-state index in [9.17, 15) is 0 Å². The van der Waals surface area contributed by atoms with Gasteiger partial charge in [0.1, 0.15) is 5.75 Å². The van der Waals surface area contributed by atoms with Gasteiger partial charge in [-0.25, -0.2) is 0 Å². The molecule has 0 bridgehead atoms. The fourth-order valence-corrected chi connectivity index (χ4v) is 2.21. The van der Waals surface area contributed by atoms with Gasteiger partial charge in [-0.1, -0.05) is 12.1 Å². The lowest BCUT2D eigenvalue weighted by atomic mass is 10.1. The first-order valence-electron chi connectivity index (χ1n) is 6.66. The summed E-state index contributed by atoms with van der Waals surface area (Å²) in [5, 5.41) is 3.37. The van der Waals surface area contributed by atoms with Gasteiger partial charge in [0.25, 0.3) is 0 Å². The van der Waals surface area contributed by atoms with E-state index in [1.54, 1.807) is 0 Å². The van der Waals surface area contributed by atoms with Crippen molar-refractivity contribution in [1.82, 2.24) is 10.2 Å². The van der Waals surface area contributed by atoms with Crippen LogP contribution in [0, 0.1) is 0 Å². The molecule has 0 aromatic heterocycles. The first-order valence-corrected chi connectivity index (χ1v) is 6.66. The van der Waals surface area contributed by atoms with E-state index in [1.165, 1.54) is 11.3 Å². The number of rotatable bonds is 4. The van der Waals surface area contributed by atoms with Crippen molar-refractivity contribution < 1.29 is 4.74 Å². The van der Waals surface area contributed by atoms with Crippen molar-refractivity contribution in [2.45, 2.75) is 13.8 Å². The molecular formula is C15H22N2O. The Balaban J connectivity index is 2.08. The second kappa shape index (κ2) is 6.45. The molecule has 0 atom stereocenters. The Morgan fingerprint density at radius 2 is 2.17 bits per heavy atom. The molecule has 3 heteroatoms. The Morgan fingerprint density at radius 1 is 1.39 bits per heavy atom. The van der Waals surface area contributed by atoms with Crippen molar-refractivity contribution in [1.29, 1.82) is 0 Å². The van der Waals surface area contributed by atoms with E-state index in [-0.39, 0.29) is 0 Å². The summed E-state index contributed by atoms with van der Waals surface area (Å²) in [4.78, 5) is 2.42. The first kappa shape index (κ1) is 13.0. The van der Waals surface area contributed by atoms with Gasteiger partial charge in [0.2, 0.25) is 0 Å². The lowest BCUT2D eigenvalue weighted by molar-refractivity contribution is 0.302. The highest BCUT2D eigenvalue weighted by atomic mass is 16.5. The minimum atomic E-state index is 0.712.